The van der Waals surface area contributed by atoms with Crippen LogP contribution in [0.1, 0.15) is 44.9 Å². The van der Waals surface area contributed by atoms with Crippen LogP contribution >= 0.6 is 0 Å². The number of carbonyl (C=O) groups excluding carboxylic acids is 1. The smallest absolute Gasteiger partial charge is 0.317 e. The molecular weight excluding hydrogens is 296 g/mol. The van der Waals surface area contributed by atoms with Gasteiger partial charge in [-0.1, -0.05) is 6.42 Å². The molecule has 3 saturated carbocycles. The van der Waals surface area contributed by atoms with Gasteiger partial charge in [0.15, 0.2) is 0 Å². The molecule has 0 atom stereocenters. The zero-order valence-electron chi connectivity index (χ0n) is 13.9. The Morgan fingerprint density at radius 3 is 2.48 bits per heavy atom. The van der Waals surface area contributed by atoms with Gasteiger partial charge in [0.2, 0.25) is 5.91 Å². The Morgan fingerprint density at radius 1 is 1.30 bits per heavy atom. The number of amides is 1. The number of nitrogens with one attached hydrogen (secondary N) is 1. The van der Waals surface area contributed by atoms with Gasteiger partial charge in [-0.05, 0) is 44.4 Å². The fraction of sp³-hybridized carbons (Fsp3) is 0.882. The highest BCUT2D eigenvalue weighted by atomic mass is 16.5. The summed E-state index contributed by atoms with van der Waals surface area (Å²) in [5, 5.41) is 12.2. The van der Waals surface area contributed by atoms with E-state index in [1.54, 1.807) is 7.11 Å². The Morgan fingerprint density at radius 2 is 2.00 bits per heavy atom. The van der Waals surface area contributed by atoms with Gasteiger partial charge < -0.3 is 15.2 Å². The highest BCUT2D eigenvalue weighted by Crippen LogP contribution is 2.42. The maximum atomic E-state index is 12.5. The Balaban J connectivity index is 1.45. The van der Waals surface area contributed by atoms with Crippen LogP contribution in [0.4, 0.5) is 0 Å². The molecule has 0 heterocycles. The summed E-state index contributed by atoms with van der Waals surface area (Å²) in [5.74, 6) is 0.0515. The van der Waals surface area contributed by atoms with Crippen molar-refractivity contribution in [1.29, 1.82) is 0 Å². The molecule has 1 amide bonds. The molecule has 6 heteroatoms. The third kappa shape index (κ3) is 3.86. The average Bonchev–Trinajstić information content (AvgIpc) is 3.20. The first-order valence-corrected chi connectivity index (χ1v) is 8.78. The quantitative estimate of drug-likeness (QED) is 0.667. The maximum absolute atomic E-state index is 12.5. The zero-order valence-corrected chi connectivity index (χ0v) is 13.9. The van der Waals surface area contributed by atoms with E-state index in [-0.39, 0.29) is 23.9 Å². The van der Waals surface area contributed by atoms with Crippen LogP contribution in [0.25, 0.3) is 0 Å². The van der Waals surface area contributed by atoms with E-state index < -0.39 is 5.97 Å². The van der Waals surface area contributed by atoms with Crippen LogP contribution < -0.4 is 5.32 Å². The minimum atomic E-state index is -0.758. The molecule has 3 fully saturated rings. The summed E-state index contributed by atoms with van der Waals surface area (Å²) >= 11 is 0. The standard InChI is InChI=1S/C17H28N2O4/c1-23-11-17(5-2-6-17)16(22)18-13-7-14(8-13)19(10-15(20)21)9-12-3-4-12/h12-14H,2-11H2,1H3,(H,18,22)(H,20,21). The summed E-state index contributed by atoms with van der Waals surface area (Å²) in [7, 11) is 1.65. The van der Waals surface area contributed by atoms with Crippen LogP contribution in [0, 0.1) is 11.3 Å². The molecule has 0 saturated heterocycles. The van der Waals surface area contributed by atoms with Gasteiger partial charge in [0.25, 0.3) is 0 Å². The summed E-state index contributed by atoms with van der Waals surface area (Å²) in [6.45, 7) is 1.52. The van der Waals surface area contributed by atoms with E-state index in [2.05, 4.69) is 10.2 Å². The van der Waals surface area contributed by atoms with E-state index >= 15 is 0 Å². The second kappa shape index (κ2) is 6.77. The number of methoxy groups -OCH3 is 1. The van der Waals surface area contributed by atoms with Crippen molar-refractivity contribution in [3.05, 3.63) is 0 Å². The van der Waals surface area contributed by atoms with Crippen molar-refractivity contribution in [3.63, 3.8) is 0 Å². The average molecular weight is 324 g/mol. The van der Waals surface area contributed by atoms with Crippen molar-refractivity contribution in [2.45, 2.75) is 57.0 Å². The Kier molecular flexibility index (Phi) is 4.92. The zero-order chi connectivity index (χ0) is 16.4. The second-order valence-corrected chi connectivity index (χ2v) is 7.63. The van der Waals surface area contributed by atoms with Gasteiger partial charge in [0.1, 0.15) is 0 Å². The SMILES string of the molecule is COCC1(C(=O)NC2CC(N(CC(=O)O)CC3CC3)C2)CCC1. The summed E-state index contributed by atoms with van der Waals surface area (Å²) in [4.78, 5) is 25.6. The molecule has 0 aromatic rings. The normalized spacial score (nSPS) is 28.8. The van der Waals surface area contributed by atoms with Crippen LogP contribution in [-0.2, 0) is 14.3 Å². The molecule has 3 rings (SSSR count). The highest BCUT2D eigenvalue weighted by Gasteiger charge is 2.46. The molecular formula is C17H28N2O4. The lowest BCUT2D eigenvalue weighted by Crippen LogP contribution is -2.59. The minimum Gasteiger partial charge on any atom is -0.480 e. The lowest BCUT2D eigenvalue weighted by Gasteiger charge is -2.46. The molecule has 0 aliphatic heterocycles. The molecule has 6 nitrogen and oxygen atoms in total. The number of rotatable bonds is 9. The molecule has 0 unspecified atom stereocenters. The molecule has 130 valence electrons. The second-order valence-electron chi connectivity index (χ2n) is 7.63. The van der Waals surface area contributed by atoms with Crippen LogP contribution in [0.3, 0.4) is 0 Å². The van der Waals surface area contributed by atoms with Gasteiger partial charge in [-0.3, -0.25) is 14.5 Å². The number of ether oxygens (including phenoxy) is 1. The van der Waals surface area contributed by atoms with E-state index in [0.29, 0.717) is 18.6 Å². The number of carboxylic acid groups (broad SMARTS) is 1. The number of hydrogen-bond acceptors (Lipinski definition) is 4. The first kappa shape index (κ1) is 16.7. The molecule has 0 aromatic heterocycles. The van der Waals surface area contributed by atoms with Crippen LogP contribution in [0.15, 0.2) is 0 Å². The molecule has 23 heavy (non-hydrogen) atoms. The lowest BCUT2D eigenvalue weighted by atomic mass is 9.68. The molecule has 0 bridgehead atoms. The first-order valence-electron chi connectivity index (χ1n) is 8.78. The predicted octanol–water partition coefficient (Wildman–Crippen LogP) is 1.25. The largest absolute Gasteiger partial charge is 0.480 e. The molecule has 0 aromatic carbocycles. The van der Waals surface area contributed by atoms with Gasteiger partial charge in [0.05, 0.1) is 18.6 Å². The fourth-order valence-corrected chi connectivity index (χ4v) is 3.81. The van der Waals surface area contributed by atoms with Crippen molar-refractivity contribution in [1.82, 2.24) is 10.2 Å². The van der Waals surface area contributed by atoms with Crippen molar-refractivity contribution >= 4 is 11.9 Å². The monoisotopic (exact) mass is 324 g/mol. The van der Waals surface area contributed by atoms with Crippen molar-refractivity contribution in [3.8, 4) is 0 Å². The summed E-state index contributed by atoms with van der Waals surface area (Å²) in [6.07, 6.45) is 7.11. The number of carboxylic acids is 1. The first-order chi connectivity index (χ1) is 11.0. The third-order valence-electron chi connectivity index (χ3n) is 5.71. The number of aliphatic carboxylic acids is 1. The fourth-order valence-electron chi connectivity index (χ4n) is 3.81. The highest BCUT2D eigenvalue weighted by molar-refractivity contribution is 5.84. The van der Waals surface area contributed by atoms with Gasteiger partial charge in [-0.25, -0.2) is 0 Å². The van der Waals surface area contributed by atoms with E-state index in [0.717, 1.165) is 38.6 Å². The van der Waals surface area contributed by atoms with Gasteiger partial charge in [-0.15, -0.1) is 0 Å². The van der Waals surface area contributed by atoms with Crippen molar-refractivity contribution in [2.24, 2.45) is 11.3 Å². The van der Waals surface area contributed by atoms with Crippen LogP contribution in [0.5, 0.6) is 0 Å². The van der Waals surface area contributed by atoms with Gasteiger partial charge in [0, 0.05) is 25.7 Å². The number of carbonyl (C=O) groups is 2. The van der Waals surface area contributed by atoms with Gasteiger partial charge in [-0.2, -0.15) is 0 Å². The minimum absolute atomic E-state index is 0.120. The Bertz CT molecular complexity index is 454. The number of nitrogens with zero attached hydrogens (tertiary/aromatic N) is 1. The van der Waals surface area contributed by atoms with E-state index in [9.17, 15) is 9.59 Å². The van der Waals surface area contributed by atoms with Gasteiger partial charge >= 0.3 is 5.97 Å². The predicted molar refractivity (Wildman–Crippen MR) is 85.0 cm³/mol. The van der Waals surface area contributed by atoms with Crippen LogP contribution in [0.2, 0.25) is 0 Å². The molecule has 3 aliphatic rings. The summed E-state index contributed by atoms with van der Waals surface area (Å²) in [5.41, 5.74) is -0.311. The van der Waals surface area contributed by atoms with Crippen molar-refractivity contribution in [2.75, 3.05) is 26.8 Å². The maximum Gasteiger partial charge on any atom is 0.317 e. The van der Waals surface area contributed by atoms with Crippen molar-refractivity contribution < 1.29 is 19.4 Å². The third-order valence-corrected chi connectivity index (χ3v) is 5.71. The summed E-state index contributed by atoms with van der Waals surface area (Å²) in [6, 6.07) is 0.495. The molecule has 2 N–H and O–H groups in total. The van der Waals surface area contributed by atoms with Crippen LogP contribution in [-0.4, -0.2) is 60.8 Å². The molecule has 0 radical (unpaired) electrons. The Hall–Kier alpha value is -1.14. The lowest BCUT2D eigenvalue weighted by molar-refractivity contribution is -0.144. The Labute approximate surface area is 137 Å². The number of hydrogen-bond donors (Lipinski definition) is 2. The van der Waals surface area contributed by atoms with E-state index in [1.807, 2.05) is 0 Å². The van der Waals surface area contributed by atoms with E-state index in [1.165, 1.54) is 12.8 Å². The summed E-state index contributed by atoms with van der Waals surface area (Å²) < 4.78 is 5.22. The molecule has 3 aliphatic carbocycles. The topological polar surface area (TPSA) is 78.9 Å². The van der Waals surface area contributed by atoms with E-state index in [4.69, 9.17) is 9.84 Å². The molecule has 0 spiro atoms.